The van der Waals surface area contributed by atoms with Crippen LogP contribution in [0.1, 0.15) is 24.2 Å². The number of ether oxygens (including phenoxy) is 1. The van der Waals surface area contributed by atoms with Gasteiger partial charge in [0, 0.05) is 11.3 Å². The molecule has 0 aliphatic rings. The summed E-state index contributed by atoms with van der Waals surface area (Å²) in [6.45, 7) is 4.81. The summed E-state index contributed by atoms with van der Waals surface area (Å²) in [5, 5.41) is 5.63. The first kappa shape index (κ1) is 17.9. The Balaban J connectivity index is 1.87. The summed E-state index contributed by atoms with van der Waals surface area (Å²) in [5.41, 5.74) is 1.06. The molecular formula is C18H19FN2O2S. The van der Waals surface area contributed by atoms with Gasteiger partial charge in [-0.15, -0.1) is 0 Å². The molecule has 0 fully saturated rings. The fourth-order valence-corrected chi connectivity index (χ4v) is 2.05. The lowest BCUT2D eigenvalue weighted by molar-refractivity contribution is 0.0977. The van der Waals surface area contributed by atoms with E-state index in [0.717, 1.165) is 11.4 Å². The summed E-state index contributed by atoms with van der Waals surface area (Å²) >= 11 is 5.11. The van der Waals surface area contributed by atoms with Gasteiger partial charge < -0.3 is 10.1 Å². The Morgan fingerprint density at radius 3 is 2.33 bits per heavy atom. The molecule has 0 saturated carbocycles. The minimum absolute atomic E-state index is 0.167. The van der Waals surface area contributed by atoms with E-state index < -0.39 is 11.7 Å². The van der Waals surface area contributed by atoms with Gasteiger partial charge in [-0.1, -0.05) is 13.8 Å². The lowest BCUT2D eigenvalue weighted by atomic mass is 10.2. The van der Waals surface area contributed by atoms with Crippen LogP contribution in [0.25, 0.3) is 0 Å². The molecule has 2 aromatic carbocycles. The molecule has 0 aliphatic carbocycles. The topological polar surface area (TPSA) is 50.4 Å². The van der Waals surface area contributed by atoms with Crippen LogP contribution in [-0.2, 0) is 0 Å². The second-order valence-corrected chi connectivity index (χ2v) is 6.05. The highest BCUT2D eigenvalue weighted by Gasteiger charge is 2.08. The first-order valence-corrected chi connectivity index (χ1v) is 7.95. The number of nitrogens with one attached hydrogen (secondary N) is 2. The number of carbonyl (C=O) groups is 1. The normalized spacial score (nSPS) is 10.3. The molecule has 2 N–H and O–H groups in total. The third-order valence-corrected chi connectivity index (χ3v) is 3.23. The standard InChI is InChI=1S/C18H19FN2O2S/c1-12(2)11-23-16-9-7-15(8-10-16)20-18(24)21-17(22)13-3-5-14(19)6-4-13/h3-10,12H,11H2,1-2H3,(H2,20,21,22,24). The highest BCUT2D eigenvalue weighted by Crippen LogP contribution is 2.16. The minimum Gasteiger partial charge on any atom is -0.493 e. The molecule has 2 rings (SSSR count). The van der Waals surface area contributed by atoms with Gasteiger partial charge in [0.05, 0.1) is 6.61 Å². The summed E-state index contributed by atoms with van der Waals surface area (Å²) in [5.74, 6) is 0.434. The van der Waals surface area contributed by atoms with E-state index in [1.54, 1.807) is 0 Å². The van der Waals surface area contributed by atoms with Gasteiger partial charge in [-0.2, -0.15) is 0 Å². The third kappa shape index (κ3) is 5.62. The number of thiocarbonyl (C=S) groups is 1. The van der Waals surface area contributed by atoms with Crippen LogP contribution >= 0.6 is 12.2 Å². The van der Waals surface area contributed by atoms with Crippen LogP contribution in [0.3, 0.4) is 0 Å². The Bertz CT molecular complexity index is 700. The molecule has 126 valence electrons. The van der Waals surface area contributed by atoms with Gasteiger partial charge in [-0.3, -0.25) is 10.1 Å². The highest BCUT2D eigenvalue weighted by atomic mass is 32.1. The average Bonchev–Trinajstić information content (AvgIpc) is 2.54. The minimum atomic E-state index is -0.399. The van der Waals surface area contributed by atoms with Gasteiger partial charge in [-0.25, -0.2) is 4.39 Å². The van der Waals surface area contributed by atoms with E-state index in [9.17, 15) is 9.18 Å². The predicted octanol–water partition coefficient (Wildman–Crippen LogP) is 3.99. The Morgan fingerprint density at radius 1 is 1.12 bits per heavy atom. The van der Waals surface area contributed by atoms with Crippen LogP contribution in [0.4, 0.5) is 10.1 Å². The zero-order valence-corrected chi connectivity index (χ0v) is 14.3. The molecule has 0 unspecified atom stereocenters. The molecule has 4 nitrogen and oxygen atoms in total. The van der Waals surface area contributed by atoms with Crippen molar-refractivity contribution in [2.24, 2.45) is 5.92 Å². The van der Waals surface area contributed by atoms with Gasteiger partial charge in [-0.05, 0) is 66.7 Å². The molecule has 0 heterocycles. The molecular weight excluding hydrogens is 327 g/mol. The number of amides is 1. The SMILES string of the molecule is CC(C)COc1ccc(NC(=S)NC(=O)c2ccc(F)cc2)cc1. The summed E-state index contributed by atoms with van der Waals surface area (Å²) in [7, 11) is 0. The van der Waals surface area contributed by atoms with E-state index in [-0.39, 0.29) is 5.11 Å². The quantitative estimate of drug-likeness (QED) is 0.804. The molecule has 0 aromatic heterocycles. The van der Waals surface area contributed by atoms with Crippen molar-refractivity contribution in [3.05, 3.63) is 59.9 Å². The van der Waals surface area contributed by atoms with Gasteiger partial charge >= 0.3 is 0 Å². The van der Waals surface area contributed by atoms with Crippen LogP contribution in [0.2, 0.25) is 0 Å². The van der Waals surface area contributed by atoms with Gasteiger partial charge in [0.1, 0.15) is 11.6 Å². The summed E-state index contributed by atoms with van der Waals surface area (Å²) in [6, 6.07) is 12.5. The molecule has 2 aromatic rings. The number of benzene rings is 2. The van der Waals surface area contributed by atoms with Crippen LogP contribution in [-0.4, -0.2) is 17.6 Å². The highest BCUT2D eigenvalue weighted by molar-refractivity contribution is 7.80. The smallest absolute Gasteiger partial charge is 0.257 e. The number of anilines is 1. The first-order valence-electron chi connectivity index (χ1n) is 7.55. The van der Waals surface area contributed by atoms with Crippen molar-refractivity contribution < 1.29 is 13.9 Å². The summed E-state index contributed by atoms with van der Waals surface area (Å²) in [4.78, 5) is 12.0. The molecule has 24 heavy (non-hydrogen) atoms. The number of halogens is 1. The number of carbonyl (C=O) groups excluding carboxylic acids is 1. The Labute approximate surface area is 146 Å². The van der Waals surface area contributed by atoms with Crippen molar-refractivity contribution in [1.29, 1.82) is 0 Å². The van der Waals surface area contributed by atoms with E-state index in [2.05, 4.69) is 24.5 Å². The largest absolute Gasteiger partial charge is 0.493 e. The van der Waals surface area contributed by atoms with Crippen LogP contribution in [0.15, 0.2) is 48.5 Å². The van der Waals surface area contributed by atoms with Crippen molar-refractivity contribution in [2.75, 3.05) is 11.9 Å². The summed E-state index contributed by atoms with van der Waals surface area (Å²) < 4.78 is 18.5. The fraction of sp³-hybridized carbons (Fsp3) is 0.222. The Kier molecular flexibility index (Phi) is 6.26. The van der Waals surface area contributed by atoms with Gasteiger partial charge in [0.15, 0.2) is 5.11 Å². The fourth-order valence-electron chi connectivity index (χ4n) is 1.84. The second-order valence-electron chi connectivity index (χ2n) is 5.64. The Morgan fingerprint density at radius 2 is 1.75 bits per heavy atom. The number of hydrogen-bond donors (Lipinski definition) is 2. The lowest BCUT2D eigenvalue weighted by Crippen LogP contribution is -2.34. The first-order chi connectivity index (χ1) is 11.4. The maximum atomic E-state index is 12.9. The molecule has 0 aliphatic heterocycles. The molecule has 0 atom stereocenters. The zero-order valence-electron chi connectivity index (χ0n) is 13.5. The third-order valence-electron chi connectivity index (χ3n) is 3.03. The van der Waals surface area contributed by atoms with Crippen LogP contribution in [0, 0.1) is 11.7 Å². The molecule has 0 spiro atoms. The van der Waals surface area contributed by atoms with Crippen molar-refractivity contribution in [1.82, 2.24) is 5.32 Å². The second kappa shape index (κ2) is 8.40. The van der Waals surface area contributed by atoms with E-state index >= 15 is 0 Å². The van der Waals surface area contributed by atoms with Crippen molar-refractivity contribution in [3.8, 4) is 5.75 Å². The number of rotatable bonds is 5. The monoisotopic (exact) mass is 346 g/mol. The van der Waals surface area contributed by atoms with E-state index in [1.807, 2.05) is 24.3 Å². The van der Waals surface area contributed by atoms with Gasteiger partial charge in [0.25, 0.3) is 5.91 Å². The summed E-state index contributed by atoms with van der Waals surface area (Å²) in [6.07, 6.45) is 0. The molecule has 1 amide bonds. The van der Waals surface area contributed by atoms with Crippen LogP contribution in [0.5, 0.6) is 5.75 Å². The van der Waals surface area contributed by atoms with E-state index in [0.29, 0.717) is 18.1 Å². The molecule has 0 radical (unpaired) electrons. The Hall–Kier alpha value is -2.47. The molecule has 6 heteroatoms. The zero-order chi connectivity index (χ0) is 17.5. The van der Waals surface area contributed by atoms with Crippen molar-refractivity contribution in [3.63, 3.8) is 0 Å². The molecule has 0 bridgehead atoms. The lowest BCUT2D eigenvalue weighted by Gasteiger charge is -2.11. The average molecular weight is 346 g/mol. The van der Waals surface area contributed by atoms with E-state index in [1.165, 1.54) is 24.3 Å². The predicted molar refractivity (Wildman–Crippen MR) is 96.9 cm³/mol. The maximum Gasteiger partial charge on any atom is 0.257 e. The molecule has 0 saturated heterocycles. The van der Waals surface area contributed by atoms with Gasteiger partial charge in [0.2, 0.25) is 0 Å². The van der Waals surface area contributed by atoms with E-state index in [4.69, 9.17) is 17.0 Å². The maximum absolute atomic E-state index is 12.9. The number of hydrogen-bond acceptors (Lipinski definition) is 3. The van der Waals surface area contributed by atoms with Crippen molar-refractivity contribution >= 4 is 28.9 Å². The van der Waals surface area contributed by atoms with Crippen LogP contribution < -0.4 is 15.4 Å². The van der Waals surface area contributed by atoms with Crippen molar-refractivity contribution in [2.45, 2.75) is 13.8 Å².